The molecule has 0 aliphatic carbocycles. The molecule has 0 atom stereocenters. The normalized spacial score (nSPS) is 10.8. The lowest BCUT2D eigenvalue weighted by atomic mass is 10.1. The van der Waals surface area contributed by atoms with E-state index in [0.717, 1.165) is 42.3 Å². The van der Waals surface area contributed by atoms with E-state index in [2.05, 4.69) is 21.7 Å². The number of para-hydroxylation sites is 1. The molecule has 0 heterocycles. The van der Waals surface area contributed by atoms with Crippen molar-refractivity contribution < 1.29 is 9.13 Å². The third kappa shape index (κ3) is 7.29. The second-order valence-electron chi connectivity index (χ2n) is 5.31. The number of guanidine groups is 1. The summed E-state index contributed by atoms with van der Waals surface area (Å²) in [5, 5.41) is 6.52. The van der Waals surface area contributed by atoms with Gasteiger partial charge in [-0.3, -0.25) is 0 Å². The van der Waals surface area contributed by atoms with Gasteiger partial charge in [0.25, 0.3) is 0 Å². The third-order valence-electron chi connectivity index (χ3n) is 3.56. The van der Waals surface area contributed by atoms with Crippen molar-refractivity contribution in [1.82, 2.24) is 10.6 Å². The van der Waals surface area contributed by atoms with Crippen molar-refractivity contribution >= 4 is 29.9 Å². The Morgan fingerprint density at radius 1 is 1.08 bits per heavy atom. The van der Waals surface area contributed by atoms with Gasteiger partial charge in [-0.2, -0.15) is 0 Å². The molecule has 0 spiro atoms. The van der Waals surface area contributed by atoms with Crippen LogP contribution < -0.4 is 15.4 Å². The Kier molecular flexibility index (Phi) is 9.91. The van der Waals surface area contributed by atoms with E-state index in [-0.39, 0.29) is 29.8 Å². The summed E-state index contributed by atoms with van der Waals surface area (Å²) in [7, 11) is 1.68. The van der Waals surface area contributed by atoms with E-state index in [0.29, 0.717) is 6.54 Å². The fraction of sp³-hybridized carbons (Fsp3) is 0.316. The van der Waals surface area contributed by atoms with Crippen LogP contribution in [0, 0.1) is 5.82 Å². The SMILES string of the molecule is CCNC(=NCc1ccc(F)cc1)NCCc1ccccc1OC.I. The topological polar surface area (TPSA) is 45.7 Å². The number of halogens is 2. The van der Waals surface area contributed by atoms with Crippen LogP contribution in [0.15, 0.2) is 53.5 Å². The maximum atomic E-state index is 12.9. The minimum absolute atomic E-state index is 0. The number of nitrogens with one attached hydrogen (secondary N) is 2. The van der Waals surface area contributed by atoms with Crippen molar-refractivity contribution in [2.45, 2.75) is 19.9 Å². The number of aliphatic imine (C=N–C) groups is 1. The van der Waals surface area contributed by atoms with Crippen molar-refractivity contribution in [3.05, 3.63) is 65.5 Å². The van der Waals surface area contributed by atoms with Crippen molar-refractivity contribution in [3.63, 3.8) is 0 Å². The van der Waals surface area contributed by atoms with Gasteiger partial charge in [0.15, 0.2) is 5.96 Å². The highest BCUT2D eigenvalue weighted by molar-refractivity contribution is 14.0. The van der Waals surface area contributed by atoms with E-state index in [1.54, 1.807) is 19.2 Å². The Morgan fingerprint density at radius 3 is 2.48 bits per heavy atom. The van der Waals surface area contributed by atoms with Crippen LogP contribution in [0.5, 0.6) is 5.75 Å². The van der Waals surface area contributed by atoms with Gasteiger partial charge in [-0.1, -0.05) is 30.3 Å². The van der Waals surface area contributed by atoms with Crippen molar-refractivity contribution in [2.24, 2.45) is 4.99 Å². The largest absolute Gasteiger partial charge is 0.496 e. The average Bonchev–Trinajstić information content (AvgIpc) is 2.61. The molecule has 0 saturated heterocycles. The summed E-state index contributed by atoms with van der Waals surface area (Å²) in [6.07, 6.45) is 0.838. The van der Waals surface area contributed by atoms with Gasteiger partial charge in [0.05, 0.1) is 13.7 Å². The molecule has 6 heteroatoms. The summed E-state index contributed by atoms with van der Waals surface area (Å²) in [5.74, 6) is 1.41. The summed E-state index contributed by atoms with van der Waals surface area (Å²) in [4.78, 5) is 4.53. The molecule has 0 fully saturated rings. The van der Waals surface area contributed by atoms with Crippen molar-refractivity contribution in [1.29, 1.82) is 0 Å². The van der Waals surface area contributed by atoms with E-state index >= 15 is 0 Å². The monoisotopic (exact) mass is 457 g/mol. The standard InChI is InChI=1S/C19H24FN3O.HI/c1-3-21-19(23-14-15-8-10-17(20)11-9-15)22-13-12-16-6-4-5-7-18(16)24-2;/h4-11H,3,12-14H2,1-2H3,(H2,21,22,23);1H. The third-order valence-corrected chi connectivity index (χ3v) is 3.56. The van der Waals surface area contributed by atoms with Crippen LogP contribution in [0.1, 0.15) is 18.1 Å². The zero-order valence-electron chi connectivity index (χ0n) is 14.6. The van der Waals surface area contributed by atoms with Crippen LogP contribution in [-0.2, 0) is 13.0 Å². The maximum absolute atomic E-state index is 12.9. The van der Waals surface area contributed by atoms with E-state index in [1.165, 1.54) is 12.1 Å². The molecular formula is C19H25FIN3O. The molecule has 2 aromatic carbocycles. The molecular weight excluding hydrogens is 432 g/mol. The lowest BCUT2D eigenvalue weighted by Gasteiger charge is -2.12. The van der Waals surface area contributed by atoms with Gasteiger partial charge < -0.3 is 15.4 Å². The van der Waals surface area contributed by atoms with Crippen molar-refractivity contribution in [3.8, 4) is 5.75 Å². The summed E-state index contributed by atoms with van der Waals surface area (Å²) in [5.41, 5.74) is 2.13. The first-order valence-electron chi connectivity index (χ1n) is 8.11. The van der Waals surface area contributed by atoms with Crippen LogP contribution in [0.4, 0.5) is 4.39 Å². The number of ether oxygens (including phenoxy) is 1. The number of hydrogen-bond donors (Lipinski definition) is 2. The van der Waals surface area contributed by atoms with Crippen LogP contribution in [0.25, 0.3) is 0 Å². The maximum Gasteiger partial charge on any atom is 0.191 e. The van der Waals surface area contributed by atoms with Crippen LogP contribution in [0.3, 0.4) is 0 Å². The second kappa shape index (κ2) is 11.7. The first kappa shape index (κ1) is 21.2. The van der Waals surface area contributed by atoms with Gasteiger partial charge in [-0.25, -0.2) is 9.38 Å². The Hall–Kier alpha value is -1.83. The molecule has 25 heavy (non-hydrogen) atoms. The Morgan fingerprint density at radius 2 is 1.80 bits per heavy atom. The molecule has 2 aromatic rings. The number of nitrogens with zero attached hydrogens (tertiary/aromatic N) is 1. The predicted octanol–water partition coefficient (Wildman–Crippen LogP) is 3.75. The predicted molar refractivity (Wildman–Crippen MR) is 111 cm³/mol. The Balaban J connectivity index is 0.00000312. The zero-order chi connectivity index (χ0) is 17.2. The quantitative estimate of drug-likeness (QED) is 0.378. The highest BCUT2D eigenvalue weighted by Crippen LogP contribution is 2.17. The van der Waals surface area contributed by atoms with E-state index in [1.807, 2.05) is 25.1 Å². The molecule has 0 aromatic heterocycles. The molecule has 136 valence electrons. The number of hydrogen-bond acceptors (Lipinski definition) is 2. The van der Waals surface area contributed by atoms with Gasteiger partial charge in [0.1, 0.15) is 11.6 Å². The highest BCUT2D eigenvalue weighted by Gasteiger charge is 2.02. The fourth-order valence-corrected chi connectivity index (χ4v) is 2.33. The molecule has 0 amide bonds. The van der Waals surface area contributed by atoms with Crippen molar-refractivity contribution in [2.75, 3.05) is 20.2 Å². The summed E-state index contributed by atoms with van der Waals surface area (Å²) >= 11 is 0. The minimum atomic E-state index is -0.232. The molecule has 0 aliphatic rings. The molecule has 2 rings (SSSR count). The smallest absolute Gasteiger partial charge is 0.191 e. The molecule has 0 saturated carbocycles. The lowest BCUT2D eigenvalue weighted by molar-refractivity contribution is 0.409. The van der Waals surface area contributed by atoms with Gasteiger partial charge in [0, 0.05) is 13.1 Å². The van der Waals surface area contributed by atoms with Crippen LogP contribution in [0.2, 0.25) is 0 Å². The molecule has 0 radical (unpaired) electrons. The first-order valence-corrected chi connectivity index (χ1v) is 8.11. The minimum Gasteiger partial charge on any atom is -0.496 e. The van der Waals surface area contributed by atoms with Crippen LogP contribution >= 0.6 is 24.0 Å². The Bertz CT molecular complexity index is 662. The van der Waals surface area contributed by atoms with Crippen LogP contribution in [-0.4, -0.2) is 26.2 Å². The fourth-order valence-electron chi connectivity index (χ4n) is 2.33. The average molecular weight is 457 g/mol. The first-order chi connectivity index (χ1) is 11.7. The summed E-state index contributed by atoms with van der Waals surface area (Å²) < 4.78 is 18.3. The summed E-state index contributed by atoms with van der Waals surface area (Å²) in [6.45, 7) is 4.05. The van der Waals surface area contributed by atoms with E-state index < -0.39 is 0 Å². The highest BCUT2D eigenvalue weighted by atomic mass is 127. The van der Waals surface area contributed by atoms with Gasteiger partial charge in [0.2, 0.25) is 0 Å². The van der Waals surface area contributed by atoms with Gasteiger partial charge >= 0.3 is 0 Å². The summed E-state index contributed by atoms with van der Waals surface area (Å²) in [6, 6.07) is 14.4. The lowest BCUT2D eigenvalue weighted by Crippen LogP contribution is -2.38. The van der Waals surface area contributed by atoms with E-state index in [4.69, 9.17) is 4.74 Å². The molecule has 0 unspecified atom stereocenters. The number of rotatable bonds is 7. The number of benzene rings is 2. The Labute approximate surface area is 165 Å². The van der Waals surface area contributed by atoms with E-state index in [9.17, 15) is 4.39 Å². The molecule has 0 bridgehead atoms. The molecule has 4 nitrogen and oxygen atoms in total. The molecule has 2 N–H and O–H groups in total. The van der Waals surface area contributed by atoms with Gasteiger partial charge in [-0.05, 0) is 42.7 Å². The zero-order valence-corrected chi connectivity index (χ0v) is 16.9. The molecule has 0 aliphatic heterocycles. The van der Waals surface area contributed by atoms with Gasteiger partial charge in [-0.15, -0.1) is 24.0 Å². The number of methoxy groups -OCH3 is 1. The second-order valence-corrected chi connectivity index (χ2v) is 5.31.